The lowest BCUT2D eigenvalue weighted by atomic mass is 9.89. The molecule has 3 rings (SSSR count). The molecule has 0 aromatic heterocycles. The molecule has 0 radical (unpaired) electrons. The van der Waals surface area contributed by atoms with Crippen LogP contribution in [0.25, 0.3) is 0 Å². The Bertz CT molecular complexity index is 1010. The summed E-state index contributed by atoms with van der Waals surface area (Å²) in [6.45, 7) is 4.29. The smallest absolute Gasteiger partial charge is 0.155 e. The van der Waals surface area contributed by atoms with Gasteiger partial charge in [-0.05, 0) is 62.6 Å². The number of nitrogens with one attached hydrogen (secondary N) is 2. The molecule has 0 saturated heterocycles. The number of nitrogen functional groups attached to an aromatic ring is 1. The minimum absolute atomic E-state index is 0.0504. The van der Waals surface area contributed by atoms with Crippen LogP contribution in [0.3, 0.4) is 0 Å². The summed E-state index contributed by atoms with van der Waals surface area (Å²) in [7, 11) is 2.04. The van der Waals surface area contributed by atoms with Crippen molar-refractivity contribution in [2.75, 3.05) is 23.8 Å². The molecule has 5 heteroatoms. The van der Waals surface area contributed by atoms with Gasteiger partial charge in [-0.15, -0.1) is 0 Å². The van der Waals surface area contributed by atoms with Crippen LogP contribution in [0.15, 0.2) is 42.5 Å². The van der Waals surface area contributed by atoms with E-state index in [4.69, 9.17) is 11.1 Å². The number of rotatable bonds is 6. The zero-order valence-corrected chi connectivity index (χ0v) is 18.0. The van der Waals surface area contributed by atoms with E-state index in [1.807, 2.05) is 37.4 Å². The van der Waals surface area contributed by atoms with Crippen molar-refractivity contribution in [3.05, 3.63) is 59.2 Å². The maximum Gasteiger partial charge on any atom is 0.155 e. The Hall–Kier alpha value is -3.26. The summed E-state index contributed by atoms with van der Waals surface area (Å²) in [5, 5.41) is 10.8. The zero-order chi connectivity index (χ0) is 21.7. The molecule has 5 nitrogen and oxygen atoms in total. The summed E-state index contributed by atoms with van der Waals surface area (Å²) in [4.78, 5) is 14.6. The molecule has 30 heavy (non-hydrogen) atoms. The van der Waals surface area contributed by atoms with Crippen LogP contribution in [0, 0.1) is 24.2 Å². The summed E-state index contributed by atoms with van der Waals surface area (Å²) < 4.78 is 0. The molecule has 4 N–H and O–H groups in total. The third-order valence-corrected chi connectivity index (χ3v) is 6.07. The lowest BCUT2D eigenvalue weighted by Crippen LogP contribution is -2.50. The van der Waals surface area contributed by atoms with E-state index in [9.17, 15) is 4.79 Å². The molecule has 0 atom stereocenters. The number of likely N-dealkylation sites (N-methyl/N-ethyl adjacent to an activating group) is 1. The van der Waals surface area contributed by atoms with E-state index in [-0.39, 0.29) is 17.2 Å². The average Bonchev–Trinajstić information content (AvgIpc) is 3.22. The van der Waals surface area contributed by atoms with Crippen LogP contribution in [0.2, 0.25) is 0 Å². The van der Waals surface area contributed by atoms with E-state index in [0.717, 1.165) is 48.2 Å². The number of carbonyl (C=O) groups is 1. The van der Waals surface area contributed by atoms with Crippen molar-refractivity contribution >= 4 is 23.0 Å². The topological polar surface area (TPSA) is 82.2 Å². The fraction of sp³-hybridized carbons (Fsp3) is 0.360. The molecule has 0 amide bonds. The summed E-state index contributed by atoms with van der Waals surface area (Å²) in [6, 6.07) is 13.6. The van der Waals surface area contributed by atoms with E-state index in [1.165, 1.54) is 0 Å². The Morgan fingerprint density at radius 1 is 1.23 bits per heavy atom. The van der Waals surface area contributed by atoms with Crippen LogP contribution in [0.5, 0.6) is 0 Å². The van der Waals surface area contributed by atoms with Crippen LogP contribution < -0.4 is 16.0 Å². The summed E-state index contributed by atoms with van der Waals surface area (Å²) in [5.74, 6) is 6.64. The van der Waals surface area contributed by atoms with E-state index < -0.39 is 0 Å². The number of Topliss-reactive ketones (excluding diaryl/α,β-unsaturated/α-hetero) is 1. The molecule has 1 saturated carbocycles. The highest BCUT2D eigenvalue weighted by molar-refractivity contribution is 5.95. The lowest BCUT2D eigenvalue weighted by Gasteiger charge is -2.39. The van der Waals surface area contributed by atoms with Crippen molar-refractivity contribution in [1.29, 1.82) is 5.41 Å². The van der Waals surface area contributed by atoms with Gasteiger partial charge in [0, 0.05) is 29.5 Å². The van der Waals surface area contributed by atoms with Gasteiger partial charge in [-0.3, -0.25) is 10.2 Å². The molecule has 0 bridgehead atoms. The highest BCUT2D eigenvalue weighted by atomic mass is 16.1. The van der Waals surface area contributed by atoms with Crippen LogP contribution in [-0.2, 0) is 4.79 Å². The normalized spacial score (nSPS) is 14.5. The fourth-order valence-electron chi connectivity index (χ4n) is 4.31. The highest BCUT2D eigenvalue weighted by Gasteiger charge is 2.42. The van der Waals surface area contributed by atoms with E-state index in [2.05, 4.69) is 41.1 Å². The van der Waals surface area contributed by atoms with Gasteiger partial charge in [-0.25, -0.2) is 0 Å². The van der Waals surface area contributed by atoms with Crippen molar-refractivity contribution in [3.8, 4) is 11.8 Å². The molecular formula is C25H30N4O. The number of nitrogens with two attached hydrogens (primary N) is 1. The van der Waals surface area contributed by atoms with Gasteiger partial charge >= 0.3 is 0 Å². The van der Waals surface area contributed by atoms with Gasteiger partial charge in [0.2, 0.25) is 0 Å². The lowest BCUT2D eigenvalue weighted by molar-refractivity contribution is -0.121. The van der Waals surface area contributed by atoms with Crippen molar-refractivity contribution < 1.29 is 4.79 Å². The second-order valence-electron chi connectivity index (χ2n) is 8.00. The first-order valence-corrected chi connectivity index (χ1v) is 10.4. The maximum absolute atomic E-state index is 12.4. The monoisotopic (exact) mass is 402 g/mol. The van der Waals surface area contributed by atoms with Gasteiger partial charge in [0.15, 0.2) is 5.78 Å². The van der Waals surface area contributed by atoms with E-state index >= 15 is 0 Å². The van der Waals surface area contributed by atoms with Gasteiger partial charge in [-0.2, -0.15) is 0 Å². The Kier molecular flexibility index (Phi) is 6.47. The number of anilines is 2. The molecule has 1 aliphatic carbocycles. The molecule has 1 aliphatic rings. The quantitative estimate of drug-likeness (QED) is 0.386. The minimum Gasteiger partial charge on any atom is -0.384 e. The van der Waals surface area contributed by atoms with E-state index in [1.54, 1.807) is 6.92 Å². The number of amidine groups is 1. The van der Waals surface area contributed by atoms with Crippen LogP contribution in [0.4, 0.5) is 11.4 Å². The van der Waals surface area contributed by atoms with Gasteiger partial charge in [0.05, 0.1) is 12.1 Å². The SMILES string of the molecule is CC(=O)C1(N(C)c2ccc(C#CCNc3cccc(C(=N)N)c3)cc2C)CCCC1. The first-order valence-electron chi connectivity index (χ1n) is 10.4. The zero-order valence-electron chi connectivity index (χ0n) is 18.0. The number of nitrogens with zero attached hydrogens (tertiary/aromatic N) is 1. The molecule has 1 fully saturated rings. The van der Waals surface area contributed by atoms with Crippen molar-refractivity contribution in [2.24, 2.45) is 5.73 Å². The number of benzene rings is 2. The third kappa shape index (κ3) is 4.49. The molecule has 156 valence electrons. The first-order chi connectivity index (χ1) is 14.3. The fourth-order valence-corrected chi connectivity index (χ4v) is 4.31. The number of ketones is 1. The van der Waals surface area contributed by atoms with Gasteiger partial charge < -0.3 is 16.0 Å². The molecule has 2 aromatic rings. The Labute approximate surface area is 179 Å². The Morgan fingerprint density at radius 2 is 1.97 bits per heavy atom. The summed E-state index contributed by atoms with van der Waals surface area (Å²) >= 11 is 0. The largest absolute Gasteiger partial charge is 0.384 e. The van der Waals surface area contributed by atoms with Crippen LogP contribution in [-0.4, -0.2) is 30.8 Å². The summed E-state index contributed by atoms with van der Waals surface area (Å²) in [6.07, 6.45) is 4.07. The predicted octanol–water partition coefficient (Wildman–Crippen LogP) is 4.08. The minimum atomic E-state index is -0.365. The predicted molar refractivity (Wildman–Crippen MR) is 124 cm³/mol. The van der Waals surface area contributed by atoms with Crippen LogP contribution in [0.1, 0.15) is 49.3 Å². The molecule has 2 aromatic carbocycles. The molecular weight excluding hydrogens is 372 g/mol. The molecule has 0 heterocycles. The first kappa shape index (κ1) is 21.4. The second-order valence-corrected chi connectivity index (χ2v) is 8.00. The molecule has 0 unspecified atom stereocenters. The third-order valence-electron chi connectivity index (χ3n) is 6.07. The van der Waals surface area contributed by atoms with Gasteiger partial charge in [0.1, 0.15) is 5.84 Å². The Morgan fingerprint density at radius 3 is 2.60 bits per heavy atom. The summed E-state index contributed by atoms with van der Waals surface area (Å²) in [5.41, 5.74) is 9.91. The number of carbonyl (C=O) groups excluding carboxylic acids is 1. The molecule has 0 spiro atoms. The Balaban J connectivity index is 1.68. The van der Waals surface area contributed by atoms with Crippen molar-refractivity contribution in [1.82, 2.24) is 0 Å². The van der Waals surface area contributed by atoms with Gasteiger partial charge in [0.25, 0.3) is 0 Å². The standard InChI is InChI=1S/C25H30N4O/c1-18-16-20(8-7-15-28-22-10-6-9-21(17-22)24(26)27)11-12-23(18)29(3)25(19(2)30)13-4-5-14-25/h6,9-12,16-17,28H,4-5,13-15H2,1-3H3,(H3,26,27). The molecule has 0 aliphatic heterocycles. The van der Waals surface area contributed by atoms with Crippen LogP contribution >= 0.6 is 0 Å². The second kappa shape index (κ2) is 9.04. The maximum atomic E-state index is 12.4. The number of hydrogen-bond acceptors (Lipinski definition) is 4. The average molecular weight is 403 g/mol. The van der Waals surface area contributed by atoms with E-state index in [0.29, 0.717) is 12.1 Å². The highest BCUT2D eigenvalue weighted by Crippen LogP contribution is 2.39. The number of aryl methyl sites for hydroxylation is 1. The van der Waals surface area contributed by atoms with Gasteiger partial charge in [-0.1, -0.05) is 36.8 Å². The number of hydrogen-bond donors (Lipinski definition) is 3. The van der Waals surface area contributed by atoms with Crippen molar-refractivity contribution in [2.45, 2.75) is 45.1 Å². The van der Waals surface area contributed by atoms with Crippen molar-refractivity contribution in [3.63, 3.8) is 0 Å².